The number of carbonyl (C=O) groups is 2. The summed E-state index contributed by atoms with van der Waals surface area (Å²) in [7, 11) is 0. The van der Waals surface area contributed by atoms with Gasteiger partial charge in [0.2, 0.25) is 0 Å². The Morgan fingerprint density at radius 2 is 1.92 bits per heavy atom. The lowest BCUT2D eigenvalue weighted by Gasteiger charge is -2.52. The smallest absolute Gasteiger partial charge is 0.351 e. The number of ether oxygens (including phenoxy) is 3. The number of aliphatic hydroxyl groups is 1. The summed E-state index contributed by atoms with van der Waals surface area (Å²) in [5.41, 5.74) is -1.42. The fourth-order valence-electron chi connectivity index (χ4n) is 8.06. The molecule has 8 nitrogen and oxygen atoms in total. The fourth-order valence-corrected chi connectivity index (χ4v) is 8.78. The van der Waals surface area contributed by atoms with Gasteiger partial charge in [-0.05, 0) is 68.4 Å². The molecule has 3 fully saturated rings. The highest BCUT2D eigenvalue weighted by Gasteiger charge is 2.77. The minimum Gasteiger partial charge on any atom is -0.450 e. The molecule has 1 saturated heterocycles. The third kappa shape index (κ3) is 3.14. The van der Waals surface area contributed by atoms with E-state index >= 15 is 0 Å². The predicted molar refractivity (Wildman–Crippen MR) is 136 cm³/mol. The van der Waals surface area contributed by atoms with E-state index in [0.717, 1.165) is 17.8 Å². The van der Waals surface area contributed by atoms with Gasteiger partial charge in [0, 0.05) is 11.6 Å². The van der Waals surface area contributed by atoms with Gasteiger partial charge in [0.25, 0.3) is 0 Å². The molecule has 1 aliphatic heterocycles. The van der Waals surface area contributed by atoms with Crippen LogP contribution in [0.5, 0.6) is 0 Å². The number of aromatic amines is 1. The van der Waals surface area contributed by atoms with Crippen molar-refractivity contribution in [1.29, 1.82) is 0 Å². The van der Waals surface area contributed by atoms with Gasteiger partial charge in [0.1, 0.15) is 11.0 Å². The Labute approximate surface area is 220 Å². The van der Waals surface area contributed by atoms with Crippen LogP contribution in [-0.4, -0.2) is 52.0 Å². The summed E-state index contributed by atoms with van der Waals surface area (Å²) in [5.74, 6) is -1.84. The molecule has 2 bridgehead atoms. The molecule has 6 rings (SSSR count). The number of hydrogen-bond donors (Lipinski definition) is 2. The summed E-state index contributed by atoms with van der Waals surface area (Å²) in [5, 5.41) is 13.0. The highest BCUT2D eigenvalue weighted by atomic mass is 32.1. The number of Topliss-reactive ketones (excluding diaryl/α,β-unsaturated/α-hetero) is 1. The van der Waals surface area contributed by atoms with Crippen LogP contribution in [0.15, 0.2) is 28.1 Å². The average Bonchev–Trinajstić information content (AvgIpc) is 3.08. The first-order chi connectivity index (χ1) is 17.1. The van der Waals surface area contributed by atoms with Gasteiger partial charge in [-0.15, -0.1) is 0 Å². The molecule has 2 N–H and O–H groups in total. The molecule has 5 unspecified atom stereocenters. The quantitative estimate of drug-likeness (QED) is 0.445. The van der Waals surface area contributed by atoms with Crippen molar-refractivity contribution < 1.29 is 28.9 Å². The molecule has 1 spiro atoms. The van der Waals surface area contributed by atoms with Gasteiger partial charge in [0.05, 0.1) is 12.0 Å². The number of aryl methyl sites for hydroxylation is 1. The number of fused-ring (bicyclic) bond motifs is 5. The number of aromatic nitrogens is 1. The van der Waals surface area contributed by atoms with Gasteiger partial charge < -0.3 is 24.3 Å². The van der Waals surface area contributed by atoms with Crippen molar-refractivity contribution in [3.63, 3.8) is 0 Å². The van der Waals surface area contributed by atoms with Crippen LogP contribution in [0.3, 0.4) is 0 Å². The lowest BCUT2D eigenvalue weighted by atomic mass is 9.59. The van der Waals surface area contributed by atoms with Crippen LogP contribution >= 0.6 is 11.3 Å². The van der Waals surface area contributed by atoms with Crippen LogP contribution in [0.4, 0.5) is 0 Å². The monoisotopic (exact) mass is 529 g/mol. The second-order valence-electron chi connectivity index (χ2n) is 12.7. The largest absolute Gasteiger partial charge is 0.450 e. The molecule has 9 heteroatoms. The van der Waals surface area contributed by atoms with Crippen molar-refractivity contribution in [2.75, 3.05) is 6.61 Å². The van der Waals surface area contributed by atoms with Crippen LogP contribution in [0, 0.1) is 41.4 Å². The highest BCUT2D eigenvalue weighted by molar-refractivity contribution is 7.11. The Morgan fingerprint density at radius 3 is 2.57 bits per heavy atom. The van der Waals surface area contributed by atoms with Gasteiger partial charge in [-0.2, -0.15) is 0 Å². The lowest BCUT2D eigenvalue weighted by Crippen LogP contribution is -2.68. The van der Waals surface area contributed by atoms with Gasteiger partial charge in [-0.3, -0.25) is 9.59 Å². The molecule has 0 aromatic carbocycles. The van der Waals surface area contributed by atoms with E-state index in [4.69, 9.17) is 14.2 Å². The number of rotatable bonds is 2. The maximum Gasteiger partial charge on any atom is 0.351 e. The summed E-state index contributed by atoms with van der Waals surface area (Å²) >= 11 is 0.772. The SMILES string of the molecule is CC1=CC23C(=O)C(C=C4COC(C)(C)OC4C2(O)C1OC(=O)c1sc(=O)[nH]c1C)[C@H]1[C@@H](C[C@H]3C)C1(C)C. The zero-order valence-corrected chi connectivity index (χ0v) is 23.2. The van der Waals surface area contributed by atoms with Crippen LogP contribution < -0.4 is 4.87 Å². The Morgan fingerprint density at radius 1 is 1.22 bits per heavy atom. The van der Waals surface area contributed by atoms with E-state index in [0.29, 0.717) is 22.8 Å². The maximum absolute atomic E-state index is 14.7. The second kappa shape index (κ2) is 7.52. The number of H-pyrrole nitrogens is 1. The molecule has 2 saturated carbocycles. The molecule has 4 aliphatic carbocycles. The molecular formula is C28H35NO7S. The number of thiazole rings is 1. The van der Waals surface area contributed by atoms with Crippen molar-refractivity contribution in [1.82, 2.24) is 4.98 Å². The number of allylic oxidation sites excluding steroid dienone is 1. The van der Waals surface area contributed by atoms with Crippen molar-refractivity contribution in [2.24, 2.45) is 34.5 Å². The maximum atomic E-state index is 14.7. The average molecular weight is 530 g/mol. The topological polar surface area (TPSA) is 115 Å². The van der Waals surface area contributed by atoms with Crippen LogP contribution in [0.2, 0.25) is 0 Å². The van der Waals surface area contributed by atoms with Gasteiger partial charge in [0.15, 0.2) is 23.3 Å². The molecule has 8 atom stereocenters. The summed E-state index contributed by atoms with van der Waals surface area (Å²) in [6, 6.07) is 0. The molecule has 0 amide bonds. The molecule has 37 heavy (non-hydrogen) atoms. The molecule has 1 aromatic rings. The van der Waals surface area contributed by atoms with Gasteiger partial charge >= 0.3 is 10.8 Å². The van der Waals surface area contributed by atoms with Crippen molar-refractivity contribution in [3.8, 4) is 0 Å². The van der Waals surface area contributed by atoms with Crippen LogP contribution in [0.25, 0.3) is 0 Å². The first kappa shape index (κ1) is 25.2. The third-order valence-electron chi connectivity index (χ3n) is 9.91. The van der Waals surface area contributed by atoms with Crippen molar-refractivity contribution in [2.45, 2.75) is 78.5 Å². The van der Waals surface area contributed by atoms with Crippen molar-refractivity contribution >= 4 is 23.1 Å². The zero-order valence-electron chi connectivity index (χ0n) is 22.3. The summed E-state index contributed by atoms with van der Waals surface area (Å²) in [4.78, 5) is 42.3. The van der Waals surface area contributed by atoms with Gasteiger partial charge in [-0.1, -0.05) is 44.3 Å². The normalized spacial score (nSPS) is 42.9. The number of nitrogens with one attached hydrogen (secondary N) is 1. The number of carbonyl (C=O) groups excluding carboxylic acids is 2. The zero-order chi connectivity index (χ0) is 26.9. The molecule has 5 aliphatic rings. The Bertz CT molecular complexity index is 1330. The molecule has 1 aromatic heterocycles. The minimum atomic E-state index is -1.87. The molecule has 0 radical (unpaired) electrons. The van der Waals surface area contributed by atoms with E-state index < -0.39 is 35.0 Å². The second-order valence-corrected chi connectivity index (χ2v) is 13.7. The van der Waals surface area contributed by atoms with E-state index in [1.165, 1.54) is 0 Å². The van der Waals surface area contributed by atoms with Crippen molar-refractivity contribution in [3.05, 3.63) is 43.5 Å². The van der Waals surface area contributed by atoms with E-state index in [9.17, 15) is 19.5 Å². The molecule has 200 valence electrons. The number of hydrogen-bond acceptors (Lipinski definition) is 8. The third-order valence-corrected chi connectivity index (χ3v) is 10.9. The molecule has 2 heterocycles. The lowest BCUT2D eigenvalue weighted by molar-refractivity contribution is -0.302. The number of esters is 1. The van der Waals surface area contributed by atoms with E-state index in [1.54, 1.807) is 27.7 Å². The van der Waals surface area contributed by atoms with E-state index in [-0.39, 0.29) is 45.3 Å². The fraction of sp³-hybridized carbons (Fsp3) is 0.679. The van der Waals surface area contributed by atoms with E-state index in [1.807, 2.05) is 19.1 Å². The van der Waals surface area contributed by atoms with Crippen LogP contribution in [0.1, 0.15) is 63.3 Å². The van der Waals surface area contributed by atoms with E-state index in [2.05, 4.69) is 18.8 Å². The first-order valence-electron chi connectivity index (χ1n) is 13.0. The first-order valence-corrected chi connectivity index (χ1v) is 13.9. The summed E-state index contributed by atoms with van der Waals surface area (Å²) < 4.78 is 18.5. The summed E-state index contributed by atoms with van der Waals surface area (Å²) in [6.07, 6.45) is 2.57. The number of ketones is 1. The van der Waals surface area contributed by atoms with Crippen LogP contribution in [-0.2, 0) is 19.0 Å². The Kier molecular flexibility index (Phi) is 5.13. The summed E-state index contributed by atoms with van der Waals surface area (Å²) in [6.45, 7) is 13.7. The Balaban J connectivity index is 1.53. The molecular weight excluding hydrogens is 494 g/mol. The minimum absolute atomic E-state index is 0.0212. The van der Waals surface area contributed by atoms with Gasteiger partial charge in [-0.25, -0.2) is 4.79 Å². The Hall–Kier alpha value is -2.07. The standard InChI is InChI=1S/C28H35NO7S/c1-12-10-27-13(2)8-17-18(25(17,4)5)16(20(27)30)9-15-11-34-26(6,7)36-22(15)28(27,33)21(12)35-23(31)19-14(3)29-24(32)37-19/h9-10,13,16-18,21-22,33H,8,11H2,1-7H3,(H,29,32)/t13-,16?,17-,18+,21?,22?,27?,28?/m1/s1. The predicted octanol–water partition coefficient (Wildman–Crippen LogP) is 3.54. The highest BCUT2D eigenvalue weighted by Crippen LogP contribution is 2.72.